The third-order valence-electron chi connectivity index (χ3n) is 9.53. The maximum Gasteiger partial charge on any atom is 0.407 e. The van der Waals surface area contributed by atoms with Gasteiger partial charge in [0.25, 0.3) is 0 Å². The number of allylic oxidation sites excluding steroid dienone is 1. The molecule has 1 saturated heterocycles. The summed E-state index contributed by atoms with van der Waals surface area (Å²) in [5.41, 5.74) is 0.00635. The number of hydrogen-bond donors (Lipinski definition) is 1. The van der Waals surface area contributed by atoms with Crippen molar-refractivity contribution < 1.29 is 37.5 Å². The summed E-state index contributed by atoms with van der Waals surface area (Å²) >= 11 is 1.16. The van der Waals surface area contributed by atoms with Gasteiger partial charge in [0, 0.05) is 58.0 Å². The quantitative estimate of drug-likeness (QED) is 0.0715. The minimum Gasteiger partial charge on any atom is -0.466 e. The SMILES string of the molecule is COC(=O)/C=C/CC(C)CCCN1CCN(CCCON(C)C(=O)N2N=C(c3cc(F)ccc3F)S[C@@]2(CCCNC(=O)OC(C)(C)C)c2ccccc2)CC1. The van der Waals surface area contributed by atoms with Crippen molar-refractivity contribution >= 4 is 34.9 Å². The molecule has 2 atom stereocenters. The molecule has 0 saturated carbocycles. The van der Waals surface area contributed by atoms with E-state index >= 15 is 4.39 Å². The molecule has 308 valence electrons. The number of nitrogens with one attached hydrogen (secondary N) is 1. The standard InChI is InChI=1S/C41H58F2N6O6S/c1-31(14-10-18-36(50)53-6)15-11-23-47-25-27-48(28-26-47)24-13-29-54-46(5)39(52)49-41(32-16-8-7-9-17-32,21-12-22-44-38(51)55-40(2,3)4)56-37(45-49)34-30-33(42)19-20-35(34)43/h7-10,16-20,30-31H,11-15,21-29H2,1-6H3,(H,44,51)/b18-10+/t31?,41-/m0/s1. The number of carbonyl (C=O) groups excluding carboxylic acids is 3. The lowest BCUT2D eigenvalue weighted by Gasteiger charge is -2.37. The Labute approximate surface area is 334 Å². The minimum absolute atomic E-state index is 0.0550. The van der Waals surface area contributed by atoms with Gasteiger partial charge in [0.15, 0.2) is 0 Å². The van der Waals surface area contributed by atoms with Gasteiger partial charge >= 0.3 is 18.1 Å². The van der Waals surface area contributed by atoms with Crippen molar-refractivity contribution in [3.05, 3.63) is 83.4 Å². The number of alkyl carbamates (subject to hydrolysis) is 1. The van der Waals surface area contributed by atoms with Crippen LogP contribution in [0.1, 0.15) is 77.3 Å². The first-order chi connectivity index (χ1) is 26.7. The number of amides is 3. The van der Waals surface area contributed by atoms with E-state index in [-0.39, 0.29) is 23.1 Å². The van der Waals surface area contributed by atoms with Crippen molar-refractivity contribution in [3.63, 3.8) is 0 Å². The van der Waals surface area contributed by atoms with Gasteiger partial charge in [0.05, 0.1) is 13.7 Å². The Balaban J connectivity index is 1.34. The van der Waals surface area contributed by atoms with Gasteiger partial charge in [-0.2, -0.15) is 10.1 Å². The topological polar surface area (TPSA) is 116 Å². The molecule has 4 rings (SSSR count). The molecule has 2 aliphatic heterocycles. The van der Waals surface area contributed by atoms with Gasteiger partial charge < -0.3 is 24.6 Å². The van der Waals surface area contributed by atoms with Crippen LogP contribution in [0.15, 0.2) is 65.8 Å². The number of nitrogens with zero attached hydrogens (tertiary/aromatic N) is 5. The monoisotopic (exact) mass is 800 g/mol. The van der Waals surface area contributed by atoms with Crippen molar-refractivity contribution in [2.45, 2.75) is 76.7 Å². The number of halogens is 2. The first-order valence-corrected chi connectivity index (χ1v) is 20.2. The molecule has 2 aromatic rings. The Morgan fingerprint density at radius 2 is 1.70 bits per heavy atom. The number of piperazine rings is 1. The fraction of sp³-hybridized carbons (Fsp3) is 0.561. The molecule has 1 unspecified atom stereocenters. The van der Waals surface area contributed by atoms with Crippen molar-refractivity contribution in [2.75, 3.05) is 66.6 Å². The molecule has 1 N–H and O–H groups in total. The number of ether oxygens (including phenoxy) is 2. The van der Waals surface area contributed by atoms with Crippen LogP contribution in [0.2, 0.25) is 0 Å². The van der Waals surface area contributed by atoms with Crippen LogP contribution in [0, 0.1) is 17.6 Å². The van der Waals surface area contributed by atoms with E-state index in [2.05, 4.69) is 31.9 Å². The Bertz CT molecular complexity index is 1650. The molecule has 3 amide bonds. The molecule has 2 aliphatic rings. The predicted octanol–water partition coefficient (Wildman–Crippen LogP) is 7.36. The molecule has 0 aliphatic carbocycles. The summed E-state index contributed by atoms with van der Waals surface area (Å²) in [6.07, 6.45) is 7.28. The van der Waals surface area contributed by atoms with Crippen molar-refractivity contribution in [1.29, 1.82) is 0 Å². The van der Waals surface area contributed by atoms with Crippen LogP contribution in [-0.2, 0) is 24.0 Å². The molecular formula is C41H58F2N6O6S. The third-order valence-corrected chi connectivity index (χ3v) is 11.0. The number of methoxy groups -OCH3 is 1. The maximum atomic E-state index is 15.1. The van der Waals surface area contributed by atoms with Gasteiger partial charge in [0.2, 0.25) is 0 Å². The molecule has 0 spiro atoms. The van der Waals surface area contributed by atoms with Gasteiger partial charge in [-0.3, -0.25) is 4.84 Å². The van der Waals surface area contributed by atoms with Crippen molar-refractivity contribution in [3.8, 4) is 0 Å². The van der Waals surface area contributed by atoms with Crippen molar-refractivity contribution in [2.24, 2.45) is 11.0 Å². The Morgan fingerprint density at radius 1 is 1.02 bits per heavy atom. The molecule has 2 aromatic carbocycles. The number of hydroxylamine groups is 2. The zero-order valence-electron chi connectivity index (χ0n) is 33.6. The van der Waals surface area contributed by atoms with E-state index < -0.39 is 34.2 Å². The summed E-state index contributed by atoms with van der Waals surface area (Å²) in [7, 11) is 2.91. The third kappa shape index (κ3) is 13.6. The van der Waals surface area contributed by atoms with Crippen LogP contribution >= 0.6 is 11.8 Å². The first-order valence-electron chi connectivity index (χ1n) is 19.4. The number of esters is 1. The van der Waals surface area contributed by atoms with E-state index in [4.69, 9.17) is 9.57 Å². The highest BCUT2D eigenvalue weighted by molar-refractivity contribution is 8.15. The summed E-state index contributed by atoms with van der Waals surface area (Å²) in [5, 5.41) is 9.98. The van der Waals surface area contributed by atoms with E-state index in [1.807, 2.05) is 36.4 Å². The highest BCUT2D eigenvalue weighted by atomic mass is 32.2. The molecule has 12 nitrogen and oxygen atoms in total. The van der Waals surface area contributed by atoms with Crippen LogP contribution in [0.25, 0.3) is 0 Å². The number of hydrazone groups is 1. The Kier molecular flexibility index (Phi) is 17.1. The maximum absolute atomic E-state index is 15.1. The number of rotatable bonds is 18. The van der Waals surface area contributed by atoms with Crippen molar-refractivity contribution in [1.82, 2.24) is 25.2 Å². The number of urea groups is 1. The summed E-state index contributed by atoms with van der Waals surface area (Å²) in [4.78, 5) is 47.5. The smallest absolute Gasteiger partial charge is 0.407 e. The normalized spacial score (nSPS) is 18.5. The van der Waals surface area contributed by atoms with Gasteiger partial charge in [0.1, 0.15) is 27.2 Å². The molecule has 0 bridgehead atoms. The molecule has 1 fully saturated rings. The lowest BCUT2D eigenvalue weighted by atomic mass is 10.0. The fourth-order valence-electron chi connectivity index (χ4n) is 6.54. The fourth-order valence-corrected chi connectivity index (χ4v) is 7.95. The zero-order chi connectivity index (χ0) is 40.7. The van der Waals surface area contributed by atoms with Crippen LogP contribution < -0.4 is 5.32 Å². The van der Waals surface area contributed by atoms with Gasteiger partial charge in [-0.15, -0.1) is 0 Å². The molecule has 2 heterocycles. The minimum atomic E-state index is -1.17. The summed E-state index contributed by atoms with van der Waals surface area (Å²) in [6, 6.07) is 11.9. The Hall–Kier alpha value is -4.05. The summed E-state index contributed by atoms with van der Waals surface area (Å²) < 4.78 is 39.6. The Morgan fingerprint density at radius 3 is 2.36 bits per heavy atom. The van der Waals surface area contributed by atoms with Gasteiger partial charge in [-0.05, 0) is 95.5 Å². The van der Waals surface area contributed by atoms with Gasteiger partial charge in [-0.25, -0.2) is 28.2 Å². The predicted molar refractivity (Wildman–Crippen MR) is 215 cm³/mol. The molecule has 0 aromatic heterocycles. The number of thioether (sulfide) groups is 1. The largest absolute Gasteiger partial charge is 0.466 e. The summed E-state index contributed by atoms with van der Waals surface area (Å²) in [5.74, 6) is -1.11. The molecule has 0 radical (unpaired) electrons. The van der Waals surface area contributed by atoms with E-state index in [9.17, 15) is 18.8 Å². The van der Waals surface area contributed by atoms with Crippen LogP contribution in [0.3, 0.4) is 0 Å². The van der Waals surface area contributed by atoms with Gasteiger partial charge in [-0.1, -0.05) is 55.1 Å². The van der Waals surface area contributed by atoms with E-state index in [0.29, 0.717) is 31.8 Å². The van der Waals surface area contributed by atoms with E-state index in [0.717, 1.165) is 99.1 Å². The van der Waals surface area contributed by atoms with E-state index in [1.54, 1.807) is 20.8 Å². The summed E-state index contributed by atoms with van der Waals surface area (Å²) in [6.45, 7) is 13.8. The zero-order valence-corrected chi connectivity index (χ0v) is 34.4. The number of hydrogen-bond acceptors (Lipinski definition) is 10. The second-order valence-electron chi connectivity index (χ2n) is 15.2. The second kappa shape index (κ2) is 21.5. The van der Waals surface area contributed by atoms with Crippen LogP contribution in [0.5, 0.6) is 0 Å². The highest BCUT2D eigenvalue weighted by Crippen LogP contribution is 2.51. The van der Waals surface area contributed by atoms with Crippen LogP contribution in [-0.4, -0.2) is 115 Å². The average molecular weight is 801 g/mol. The second-order valence-corrected chi connectivity index (χ2v) is 16.5. The lowest BCUT2D eigenvalue weighted by Crippen LogP contribution is -2.48. The van der Waals surface area contributed by atoms with Crippen LogP contribution in [0.4, 0.5) is 18.4 Å². The number of benzene rings is 2. The molecular weight excluding hydrogens is 743 g/mol. The highest BCUT2D eigenvalue weighted by Gasteiger charge is 2.50. The number of carbonyl (C=O) groups is 3. The van der Waals surface area contributed by atoms with E-state index in [1.165, 1.54) is 25.2 Å². The molecule has 15 heteroatoms. The average Bonchev–Trinajstić information content (AvgIpc) is 3.56. The lowest BCUT2D eigenvalue weighted by molar-refractivity contribution is -0.134. The molecule has 56 heavy (non-hydrogen) atoms. The first kappa shape index (κ1) is 44.7.